The summed E-state index contributed by atoms with van der Waals surface area (Å²) in [5.74, 6) is 0.376. The predicted molar refractivity (Wildman–Crippen MR) is 92.8 cm³/mol. The van der Waals surface area contributed by atoms with Crippen molar-refractivity contribution in [1.82, 2.24) is 9.55 Å². The third kappa shape index (κ3) is 3.46. The molecule has 3 rings (SSSR count). The van der Waals surface area contributed by atoms with Gasteiger partial charge in [0.15, 0.2) is 5.16 Å². The van der Waals surface area contributed by atoms with E-state index < -0.39 is 5.91 Å². The first-order valence-electron chi connectivity index (χ1n) is 7.26. The SMILES string of the molecule is Cc1ccccc1-n1ccnc1SCc1ccc(C(N)=O)cc1. The van der Waals surface area contributed by atoms with Crippen molar-refractivity contribution in [2.24, 2.45) is 5.73 Å². The summed E-state index contributed by atoms with van der Waals surface area (Å²) in [5, 5.41) is 0.943. The maximum Gasteiger partial charge on any atom is 0.248 e. The highest BCUT2D eigenvalue weighted by molar-refractivity contribution is 7.98. The van der Waals surface area contributed by atoms with E-state index in [4.69, 9.17) is 5.73 Å². The van der Waals surface area contributed by atoms with Gasteiger partial charge in [0.25, 0.3) is 0 Å². The Bertz CT molecular complexity index is 824. The third-order valence-electron chi connectivity index (χ3n) is 3.59. The third-order valence-corrected chi connectivity index (χ3v) is 4.63. The maximum absolute atomic E-state index is 11.1. The summed E-state index contributed by atoms with van der Waals surface area (Å²) in [7, 11) is 0. The molecular formula is C18H17N3OS. The number of primary amides is 1. The zero-order valence-electron chi connectivity index (χ0n) is 12.8. The monoisotopic (exact) mass is 323 g/mol. The van der Waals surface area contributed by atoms with Crippen LogP contribution in [0.2, 0.25) is 0 Å². The van der Waals surface area contributed by atoms with Crippen LogP contribution in [0, 0.1) is 6.92 Å². The largest absolute Gasteiger partial charge is 0.366 e. The Hall–Kier alpha value is -2.53. The molecule has 0 unspecified atom stereocenters. The first-order chi connectivity index (χ1) is 11.1. The molecule has 0 fully saturated rings. The Kier molecular flexibility index (Phi) is 4.48. The van der Waals surface area contributed by atoms with E-state index in [0.717, 1.165) is 22.2 Å². The Balaban J connectivity index is 1.76. The van der Waals surface area contributed by atoms with Gasteiger partial charge in [0.05, 0.1) is 5.69 Å². The molecule has 5 heteroatoms. The molecule has 2 aromatic carbocycles. The first-order valence-corrected chi connectivity index (χ1v) is 8.24. The van der Waals surface area contributed by atoms with Gasteiger partial charge in [0.2, 0.25) is 5.91 Å². The highest BCUT2D eigenvalue weighted by Gasteiger charge is 2.08. The number of hydrogen-bond donors (Lipinski definition) is 1. The first kappa shape index (κ1) is 15.4. The van der Waals surface area contributed by atoms with Crippen molar-refractivity contribution in [3.8, 4) is 5.69 Å². The van der Waals surface area contributed by atoms with E-state index in [1.165, 1.54) is 5.56 Å². The van der Waals surface area contributed by atoms with Gasteiger partial charge in [-0.2, -0.15) is 0 Å². The number of nitrogens with two attached hydrogens (primary N) is 1. The lowest BCUT2D eigenvalue weighted by molar-refractivity contribution is 0.100. The number of hydrogen-bond acceptors (Lipinski definition) is 3. The minimum atomic E-state index is -0.403. The molecule has 116 valence electrons. The van der Waals surface area contributed by atoms with Gasteiger partial charge in [0.1, 0.15) is 0 Å². The molecule has 0 bridgehead atoms. The van der Waals surface area contributed by atoms with Gasteiger partial charge >= 0.3 is 0 Å². The average molecular weight is 323 g/mol. The molecule has 4 nitrogen and oxygen atoms in total. The lowest BCUT2D eigenvalue weighted by atomic mass is 10.1. The summed E-state index contributed by atoms with van der Waals surface area (Å²) in [5.41, 5.74) is 9.25. The average Bonchev–Trinajstić information content (AvgIpc) is 3.02. The fourth-order valence-electron chi connectivity index (χ4n) is 2.33. The summed E-state index contributed by atoms with van der Waals surface area (Å²) in [4.78, 5) is 15.5. The van der Waals surface area contributed by atoms with Crippen LogP contribution in [-0.4, -0.2) is 15.5 Å². The number of carbonyl (C=O) groups excluding carboxylic acids is 1. The molecule has 1 amide bonds. The number of amides is 1. The molecule has 2 N–H and O–H groups in total. The minimum absolute atomic E-state index is 0.403. The number of aryl methyl sites for hydroxylation is 1. The van der Waals surface area contributed by atoms with E-state index in [-0.39, 0.29) is 0 Å². The summed E-state index contributed by atoms with van der Waals surface area (Å²) >= 11 is 1.66. The standard InChI is InChI=1S/C18H17N3OS/c1-13-4-2-3-5-16(13)21-11-10-20-18(21)23-12-14-6-8-15(9-7-14)17(19)22/h2-11H,12H2,1H3,(H2,19,22). The molecule has 0 aliphatic heterocycles. The molecule has 23 heavy (non-hydrogen) atoms. The zero-order valence-corrected chi connectivity index (χ0v) is 13.6. The molecule has 0 atom stereocenters. The normalized spacial score (nSPS) is 10.7. The van der Waals surface area contributed by atoms with Gasteiger partial charge in [0, 0.05) is 23.7 Å². The van der Waals surface area contributed by atoms with Crippen molar-refractivity contribution < 1.29 is 4.79 Å². The lowest BCUT2D eigenvalue weighted by Gasteiger charge is -2.10. The Morgan fingerprint density at radius 1 is 1.17 bits per heavy atom. The number of aromatic nitrogens is 2. The van der Waals surface area contributed by atoms with E-state index in [1.54, 1.807) is 23.9 Å². The molecular weight excluding hydrogens is 306 g/mol. The minimum Gasteiger partial charge on any atom is -0.366 e. The number of thioether (sulfide) groups is 1. The number of carbonyl (C=O) groups is 1. The molecule has 0 saturated heterocycles. The zero-order chi connectivity index (χ0) is 16.2. The predicted octanol–water partition coefficient (Wildman–Crippen LogP) is 3.57. The molecule has 1 heterocycles. The van der Waals surface area contributed by atoms with Gasteiger partial charge in [-0.05, 0) is 36.2 Å². The van der Waals surface area contributed by atoms with E-state index in [1.807, 2.05) is 36.7 Å². The van der Waals surface area contributed by atoms with E-state index in [0.29, 0.717) is 5.56 Å². The van der Waals surface area contributed by atoms with Crippen LogP contribution in [0.5, 0.6) is 0 Å². The summed E-state index contributed by atoms with van der Waals surface area (Å²) in [6.07, 6.45) is 3.78. The fourth-order valence-corrected chi connectivity index (χ4v) is 3.25. The van der Waals surface area contributed by atoms with Crippen LogP contribution < -0.4 is 5.73 Å². The highest BCUT2D eigenvalue weighted by atomic mass is 32.2. The van der Waals surface area contributed by atoms with E-state index in [9.17, 15) is 4.79 Å². The number of benzene rings is 2. The Morgan fingerprint density at radius 3 is 2.61 bits per heavy atom. The summed E-state index contributed by atoms with van der Waals surface area (Å²) < 4.78 is 2.10. The number of imidazole rings is 1. The fraction of sp³-hybridized carbons (Fsp3) is 0.111. The quantitative estimate of drug-likeness (QED) is 0.730. The van der Waals surface area contributed by atoms with Gasteiger partial charge in [-0.25, -0.2) is 4.98 Å². The molecule has 3 aromatic rings. The Labute approximate surface area is 139 Å². The van der Waals surface area contributed by atoms with Crippen molar-refractivity contribution >= 4 is 17.7 Å². The van der Waals surface area contributed by atoms with Crippen molar-refractivity contribution in [3.63, 3.8) is 0 Å². The van der Waals surface area contributed by atoms with Crippen molar-refractivity contribution in [2.45, 2.75) is 17.8 Å². The second-order valence-electron chi connectivity index (χ2n) is 5.22. The molecule has 0 aliphatic rings. The van der Waals surface area contributed by atoms with Crippen LogP contribution in [0.25, 0.3) is 5.69 Å². The van der Waals surface area contributed by atoms with Gasteiger partial charge in [-0.3, -0.25) is 9.36 Å². The molecule has 0 aliphatic carbocycles. The van der Waals surface area contributed by atoms with Crippen LogP contribution in [0.15, 0.2) is 66.1 Å². The Morgan fingerprint density at radius 2 is 1.91 bits per heavy atom. The topological polar surface area (TPSA) is 60.9 Å². The highest BCUT2D eigenvalue weighted by Crippen LogP contribution is 2.25. The van der Waals surface area contributed by atoms with E-state index >= 15 is 0 Å². The molecule has 1 aromatic heterocycles. The van der Waals surface area contributed by atoms with E-state index in [2.05, 4.69) is 28.6 Å². The second-order valence-corrected chi connectivity index (χ2v) is 6.16. The van der Waals surface area contributed by atoms with Crippen LogP contribution in [-0.2, 0) is 5.75 Å². The van der Waals surface area contributed by atoms with Crippen LogP contribution in [0.3, 0.4) is 0 Å². The maximum atomic E-state index is 11.1. The number of para-hydroxylation sites is 1. The lowest BCUT2D eigenvalue weighted by Crippen LogP contribution is -2.10. The summed E-state index contributed by atoms with van der Waals surface area (Å²) in [6, 6.07) is 15.6. The van der Waals surface area contributed by atoms with Gasteiger partial charge in [-0.15, -0.1) is 0 Å². The van der Waals surface area contributed by atoms with Crippen molar-refractivity contribution in [2.75, 3.05) is 0 Å². The van der Waals surface area contributed by atoms with Gasteiger partial charge < -0.3 is 5.73 Å². The molecule has 0 radical (unpaired) electrons. The van der Waals surface area contributed by atoms with Crippen molar-refractivity contribution in [3.05, 3.63) is 77.6 Å². The molecule has 0 spiro atoms. The van der Waals surface area contributed by atoms with Gasteiger partial charge in [-0.1, -0.05) is 42.1 Å². The van der Waals surface area contributed by atoms with Crippen LogP contribution >= 0.6 is 11.8 Å². The van der Waals surface area contributed by atoms with Crippen LogP contribution in [0.1, 0.15) is 21.5 Å². The number of nitrogens with zero attached hydrogens (tertiary/aromatic N) is 2. The smallest absolute Gasteiger partial charge is 0.248 e. The molecule has 0 saturated carbocycles. The summed E-state index contributed by atoms with van der Waals surface area (Å²) in [6.45, 7) is 2.09. The second kappa shape index (κ2) is 6.71. The van der Waals surface area contributed by atoms with Crippen LogP contribution in [0.4, 0.5) is 0 Å². The number of rotatable bonds is 5. The van der Waals surface area contributed by atoms with Crippen molar-refractivity contribution in [1.29, 1.82) is 0 Å².